The zero-order valence-electron chi connectivity index (χ0n) is 14.7. The minimum atomic E-state index is -0.487. The first-order chi connectivity index (χ1) is 12.9. The maximum atomic E-state index is 13.4. The van der Waals surface area contributed by atoms with Crippen molar-refractivity contribution in [3.63, 3.8) is 0 Å². The van der Waals surface area contributed by atoms with Gasteiger partial charge in [0.15, 0.2) is 5.65 Å². The molecule has 0 spiro atoms. The van der Waals surface area contributed by atoms with Gasteiger partial charge in [0, 0.05) is 17.1 Å². The molecule has 1 amide bonds. The molecule has 0 aliphatic heterocycles. The van der Waals surface area contributed by atoms with Crippen molar-refractivity contribution in [2.24, 2.45) is 0 Å². The van der Waals surface area contributed by atoms with Crippen molar-refractivity contribution in [2.75, 3.05) is 5.32 Å². The smallest absolute Gasteiger partial charge is 0.324 e. The molecule has 2 aromatic carbocycles. The highest BCUT2D eigenvalue weighted by molar-refractivity contribution is 5.92. The number of nitrogens with one attached hydrogen (secondary N) is 1. The second-order valence-corrected chi connectivity index (χ2v) is 6.46. The number of hydrogen-bond donors (Lipinski definition) is 1. The Morgan fingerprint density at radius 1 is 1.15 bits per heavy atom. The Labute approximate surface area is 153 Å². The van der Waals surface area contributed by atoms with Crippen molar-refractivity contribution in [2.45, 2.75) is 20.4 Å². The fraction of sp³-hybridized carbons (Fsp3) is 0.158. The number of rotatable bonds is 3. The van der Waals surface area contributed by atoms with E-state index in [2.05, 4.69) is 15.4 Å². The van der Waals surface area contributed by atoms with Crippen molar-refractivity contribution in [1.82, 2.24) is 19.2 Å². The van der Waals surface area contributed by atoms with E-state index in [0.29, 0.717) is 22.2 Å². The lowest BCUT2D eigenvalue weighted by Crippen LogP contribution is -2.28. The summed E-state index contributed by atoms with van der Waals surface area (Å²) in [5.41, 5.74) is 2.94. The van der Waals surface area contributed by atoms with E-state index in [-0.39, 0.29) is 12.5 Å². The normalized spacial score (nSPS) is 11.2. The van der Waals surface area contributed by atoms with Crippen LogP contribution in [0.1, 0.15) is 11.1 Å². The summed E-state index contributed by atoms with van der Waals surface area (Å²) in [7, 11) is 0. The summed E-state index contributed by atoms with van der Waals surface area (Å²) in [6, 6.07) is 9.76. The summed E-state index contributed by atoms with van der Waals surface area (Å²) in [6.07, 6.45) is 1.28. The highest BCUT2D eigenvalue weighted by atomic mass is 19.1. The van der Waals surface area contributed by atoms with Gasteiger partial charge in [-0.1, -0.05) is 6.07 Å². The topological polar surface area (TPSA) is 81.3 Å². The highest BCUT2D eigenvalue weighted by Gasteiger charge is 2.14. The third-order valence-electron chi connectivity index (χ3n) is 4.18. The zero-order chi connectivity index (χ0) is 19.1. The van der Waals surface area contributed by atoms with E-state index in [9.17, 15) is 14.0 Å². The summed E-state index contributed by atoms with van der Waals surface area (Å²) in [6.45, 7) is 3.64. The number of aromatic nitrogens is 4. The van der Waals surface area contributed by atoms with Crippen LogP contribution in [0.3, 0.4) is 0 Å². The molecule has 0 radical (unpaired) electrons. The van der Waals surface area contributed by atoms with E-state index >= 15 is 0 Å². The monoisotopic (exact) mass is 365 g/mol. The molecule has 0 saturated carbocycles. The molecular weight excluding hydrogens is 349 g/mol. The molecule has 0 bridgehead atoms. The lowest BCUT2D eigenvalue weighted by Gasteiger charge is -2.07. The van der Waals surface area contributed by atoms with Crippen LogP contribution in [0.5, 0.6) is 0 Å². The predicted octanol–water partition coefficient (Wildman–Crippen LogP) is 2.44. The van der Waals surface area contributed by atoms with E-state index in [1.807, 2.05) is 32.0 Å². The highest BCUT2D eigenvalue weighted by Crippen LogP contribution is 2.17. The third kappa shape index (κ3) is 3.17. The second kappa shape index (κ2) is 6.31. The Balaban J connectivity index is 1.67. The second-order valence-electron chi connectivity index (χ2n) is 6.46. The molecule has 27 heavy (non-hydrogen) atoms. The van der Waals surface area contributed by atoms with Crippen LogP contribution in [-0.4, -0.2) is 25.1 Å². The summed E-state index contributed by atoms with van der Waals surface area (Å²) in [5, 5.41) is 7.54. The molecule has 8 heteroatoms. The average molecular weight is 365 g/mol. The van der Waals surface area contributed by atoms with E-state index in [4.69, 9.17) is 0 Å². The molecule has 0 fully saturated rings. The Bertz CT molecular complexity index is 1240. The first-order valence-corrected chi connectivity index (χ1v) is 8.32. The number of benzene rings is 2. The number of aryl methyl sites for hydroxylation is 2. The summed E-state index contributed by atoms with van der Waals surface area (Å²) in [4.78, 5) is 28.9. The van der Waals surface area contributed by atoms with Crippen LogP contribution in [0.2, 0.25) is 0 Å². The molecule has 7 nitrogen and oxygen atoms in total. The van der Waals surface area contributed by atoms with Gasteiger partial charge in [-0.25, -0.2) is 23.3 Å². The predicted molar refractivity (Wildman–Crippen MR) is 99.3 cm³/mol. The van der Waals surface area contributed by atoms with Crippen molar-refractivity contribution in [1.29, 1.82) is 0 Å². The van der Waals surface area contributed by atoms with Crippen molar-refractivity contribution >= 4 is 28.1 Å². The SMILES string of the molecule is Cc1cc(C)cc(NC(=O)Cn2nc3c4ccc(F)cc4ncn3c2=O)c1. The molecule has 2 heterocycles. The van der Waals surface area contributed by atoms with Gasteiger partial charge in [0.2, 0.25) is 5.91 Å². The zero-order valence-corrected chi connectivity index (χ0v) is 14.7. The quantitative estimate of drug-likeness (QED) is 0.605. The minimum Gasteiger partial charge on any atom is -0.324 e. The average Bonchev–Trinajstić information content (AvgIpc) is 2.89. The molecule has 1 N–H and O–H groups in total. The molecule has 2 aromatic heterocycles. The van der Waals surface area contributed by atoms with Gasteiger partial charge < -0.3 is 5.32 Å². The maximum Gasteiger partial charge on any atom is 0.352 e. The van der Waals surface area contributed by atoms with Crippen molar-refractivity contribution in [3.05, 3.63) is 70.2 Å². The molecule has 4 rings (SSSR count). The number of fused-ring (bicyclic) bond motifs is 3. The fourth-order valence-electron chi connectivity index (χ4n) is 3.11. The summed E-state index contributed by atoms with van der Waals surface area (Å²) < 4.78 is 15.7. The van der Waals surface area contributed by atoms with Gasteiger partial charge in [-0.2, -0.15) is 0 Å². The lowest BCUT2D eigenvalue weighted by atomic mass is 10.1. The molecule has 136 valence electrons. The molecular formula is C19H16FN5O2. The van der Waals surface area contributed by atoms with Gasteiger partial charge in [0.05, 0.1) is 5.52 Å². The summed E-state index contributed by atoms with van der Waals surface area (Å²) in [5.74, 6) is -0.789. The van der Waals surface area contributed by atoms with Crippen molar-refractivity contribution in [3.8, 4) is 0 Å². The van der Waals surface area contributed by atoms with Crippen LogP contribution < -0.4 is 11.0 Å². The number of nitrogens with zero attached hydrogens (tertiary/aromatic N) is 4. The van der Waals surface area contributed by atoms with Gasteiger partial charge in [-0.3, -0.25) is 4.79 Å². The Kier molecular flexibility index (Phi) is 3.95. The number of halogens is 1. The first-order valence-electron chi connectivity index (χ1n) is 8.32. The van der Waals surface area contributed by atoms with Crippen LogP contribution in [-0.2, 0) is 11.3 Å². The van der Waals surface area contributed by atoms with Gasteiger partial charge in [-0.15, -0.1) is 5.10 Å². The van der Waals surface area contributed by atoms with E-state index in [1.54, 1.807) is 0 Å². The van der Waals surface area contributed by atoms with Crippen LogP contribution in [0.15, 0.2) is 47.5 Å². The third-order valence-corrected chi connectivity index (χ3v) is 4.18. The van der Waals surface area contributed by atoms with Gasteiger partial charge in [0.1, 0.15) is 18.7 Å². The number of carbonyl (C=O) groups is 1. The maximum absolute atomic E-state index is 13.4. The molecule has 0 unspecified atom stereocenters. The summed E-state index contributed by atoms with van der Waals surface area (Å²) >= 11 is 0. The van der Waals surface area contributed by atoms with E-state index < -0.39 is 11.5 Å². The number of carbonyl (C=O) groups excluding carboxylic acids is 1. The van der Waals surface area contributed by atoms with Gasteiger partial charge in [0.25, 0.3) is 0 Å². The minimum absolute atomic E-state index is 0.240. The molecule has 0 atom stereocenters. The van der Waals surface area contributed by atoms with Crippen LogP contribution in [0.4, 0.5) is 10.1 Å². The molecule has 0 aliphatic carbocycles. The van der Waals surface area contributed by atoms with Crippen LogP contribution >= 0.6 is 0 Å². The van der Waals surface area contributed by atoms with Gasteiger partial charge in [-0.05, 0) is 49.2 Å². The largest absolute Gasteiger partial charge is 0.352 e. The lowest BCUT2D eigenvalue weighted by molar-refractivity contribution is -0.117. The van der Waals surface area contributed by atoms with Crippen LogP contribution in [0.25, 0.3) is 16.6 Å². The fourth-order valence-corrected chi connectivity index (χ4v) is 3.11. The van der Waals surface area contributed by atoms with Crippen LogP contribution in [0, 0.1) is 19.7 Å². The Morgan fingerprint density at radius 3 is 2.63 bits per heavy atom. The Morgan fingerprint density at radius 2 is 1.89 bits per heavy atom. The molecule has 0 aliphatic rings. The number of anilines is 1. The number of amides is 1. The van der Waals surface area contributed by atoms with Gasteiger partial charge >= 0.3 is 5.69 Å². The molecule has 0 saturated heterocycles. The number of hydrogen-bond acceptors (Lipinski definition) is 4. The van der Waals surface area contributed by atoms with Crippen molar-refractivity contribution < 1.29 is 9.18 Å². The Hall–Kier alpha value is -3.55. The molecule has 4 aromatic rings. The first kappa shape index (κ1) is 16.9. The standard InChI is InChI=1S/C19H16FN5O2/c1-11-5-12(2)7-14(6-11)22-17(26)9-25-19(27)24-10-21-16-8-13(20)3-4-15(16)18(24)23-25/h3-8,10H,9H2,1-2H3,(H,22,26). The van der Waals surface area contributed by atoms with E-state index in [1.165, 1.54) is 28.9 Å². The van der Waals surface area contributed by atoms with E-state index in [0.717, 1.165) is 15.8 Å².